The predicted octanol–water partition coefficient (Wildman–Crippen LogP) is 1.91. The molecule has 1 aliphatic carbocycles. The van der Waals surface area contributed by atoms with Crippen molar-refractivity contribution >= 4 is 0 Å². The third-order valence-corrected chi connectivity index (χ3v) is 3.71. The van der Waals surface area contributed by atoms with Crippen LogP contribution in [-0.4, -0.2) is 17.8 Å². The average molecular weight is 185 g/mol. The molecule has 2 unspecified atom stereocenters. The first-order chi connectivity index (χ1) is 5.92. The first kappa shape index (κ1) is 11.0. The molecule has 0 aromatic heterocycles. The van der Waals surface area contributed by atoms with Crippen LogP contribution in [-0.2, 0) is 0 Å². The van der Waals surface area contributed by atoms with Crippen molar-refractivity contribution in [1.29, 1.82) is 0 Å². The first-order valence-corrected chi connectivity index (χ1v) is 5.28. The standard InChI is InChI=1S/C11H23NO/c1-9(12)11(6-7-13)5-4-10(2,3)8-11/h9,13H,4-8,12H2,1-3H3. The third kappa shape index (κ3) is 2.23. The topological polar surface area (TPSA) is 46.2 Å². The van der Waals surface area contributed by atoms with Crippen molar-refractivity contribution in [3.8, 4) is 0 Å². The first-order valence-electron chi connectivity index (χ1n) is 5.28. The second kappa shape index (κ2) is 3.58. The van der Waals surface area contributed by atoms with Crippen molar-refractivity contribution in [3.63, 3.8) is 0 Å². The molecular weight excluding hydrogens is 162 g/mol. The fourth-order valence-electron chi connectivity index (χ4n) is 2.77. The van der Waals surface area contributed by atoms with Gasteiger partial charge in [0.15, 0.2) is 0 Å². The quantitative estimate of drug-likeness (QED) is 0.705. The van der Waals surface area contributed by atoms with Crippen molar-refractivity contribution in [2.45, 2.75) is 52.5 Å². The average Bonchev–Trinajstić information content (AvgIpc) is 2.28. The van der Waals surface area contributed by atoms with Gasteiger partial charge in [0.05, 0.1) is 0 Å². The van der Waals surface area contributed by atoms with Crippen LogP contribution in [0.25, 0.3) is 0 Å². The Labute approximate surface area is 81.5 Å². The lowest BCUT2D eigenvalue weighted by molar-refractivity contribution is 0.145. The van der Waals surface area contributed by atoms with Crippen molar-refractivity contribution in [3.05, 3.63) is 0 Å². The number of nitrogens with two attached hydrogens (primary N) is 1. The van der Waals surface area contributed by atoms with Crippen molar-refractivity contribution < 1.29 is 5.11 Å². The van der Waals surface area contributed by atoms with Crippen LogP contribution in [0.5, 0.6) is 0 Å². The summed E-state index contributed by atoms with van der Waals surface area (Å²) in [7, 11) is 0. The Hall–Kier alpha value is -0.0800. The summed E-state index contributed by atoms with van der Waals surface area (Å²) in [6.45, 7) is 6.96. The Kier molecular flexibility index (Phi) is 3.03. The molecule has 2 nitrogen and oxygen atoms in total. The van der Waals surface area contributed by atoms with Crippen LogP contribution in [0.15, 0.2) is 0 Å². The molecule has 0 heterocycles. The van der Waals surface area contributed by atoms with Crippen LogP contribution in [0.1, 0.15) is 46.5 Å². The molecule has 0 spiro atoms. The Balaban J connectivity index is 2.71. The van der Waals surface area contributed by atoms with E-state index in [1.807, 2.05) is 0 Å². The Bertz CT molecular complexity index is 177. The maximum absolute atomic E-state index is 9.06. The van der Waals surface area contributed by atoms with E-state index in [0.717, 1.165) is 12.8 Å². The second-order valence-corrected chi connectivity index (χ2v) is 5.47. The molecule has 1 saturated carbocycles. The summed E-state index contributed by atoms with van der Waals surface area (Å²) in [5, 5.41) is 9.06. The molecule has 0 amide bonds. The van der Waals surface area contributed by atoms with E-state index in [1.165, 1.54) is 12.8 Å². The summed E-state index contributed by atoms with van der Waals surface area (Å²) in [6.07, 6.45) is 4.46. The molecule has 0 radical (unpaired) electrons. The van der Waals surface area contributed by atoms with E-state index in [9.17, 15) is 0 Å². The van der Waals surface area contributed by atoms with Gasteiger partial charge in [-0.05, 0) is 43.4 Å². The molecule has 0 bridgehead atoms. The molecular formula is C11H23NO. The Morgan fingerprint density at radius 2 is 2.00 bits per heavy atom. The predicted molar refractivity (Wildman–Crippen MR) is 55.4 cm³/mol. The van der Waals surface area contributed by atoms with Crippen LogP contribution in [0, 0.1) is 10.8 Å². The minimum absolute atomic E-state index is 0.207. The fraction of sp³-hybridized carbons (Fsp3) is 1.00. The molecule has 0 aromatic carbocycles. The fourth-order valence-corrected chi connectivity index (χ4v) is 2.77. The lowest BCUT2D eigenvalue weighted by Crippen LogP contribution is -2.39. The van der Waals surface area contributed by atoms with Gasteiger partial charge in [0.25, 0.3) is 0 Å². The summed E-state index contributed by atoms with van der Waals surface area (Å²) in [5.41, 5.74) is 6.65. The zero-order valence-electron chi connectivity index (χ0n) is 9.14. The summed E-state index contributed by atoms with van der Waals surface area (Å²) >= 11 is 0. The van der Waals surface area contributed by atoms with Crippen LogP contribution < -0.4 is 5.73 Å². The molecule has 13 heavy (non-hydrogen) atoms. The van der Waals surface area contributed by atoms with Gasteiger partial charge < -0.3 is 10.8 Å². The third-order valence-electron chi connectivity index (χ3n) is 3.71. The molecule has 3 N–H and O–H groups in total. The van der Waals surface area contributed by atoms with Gasteiger partial charge in [-0.2, -0.15) is 0 Å². The highest BCUT2D eigenvalue weighted by Crippen LogP contribution is 2.52. The lowest BCUT2D eigenvalue weighted by atomic mass is 9.74. The highest BCUT2D eigenvalue weighted by atomic mass is 16.3. The van der Waals surface area contributed by atoms with Gasteiger partial charge in [-0.3, -0.25) is 0 Å². The SMILES string of the molecule is CC(N)C1(CCO)CCC(C)(C)C1. The number of rotatable bonds is 3. The Morgan fingerprint density at radius 3 is 2.31 bits per heavy atom. The lowest BCUT2D eigenvalue weighted by Gasteiger charge is -2.34. The molecule has 2 atom stereocenters. The van der Waals surface area contributed by atoms with E-state index in [0.29, 0.717) is 5.41 Å². The minimum Gasteiger partial charge on any atom is -0.396 e. The zero-order valence-corrected chi connectivity index (χ0v) is 9.14. The molecule has 1 rings (SSSR count). The van der Waals surface area contributed by atoms with Gasteiger partial charge in [0.2, 0.25) is 0 Å². The summed E-state index contributed by atoms with van der Waals surface area (Å²) in [5.74, 6) is 0. The van der Waals surface area contributed by atoms with Crippen LogP contribution in [0.4, 0.5) is 0 Å². The smallest absolute Gasteiger partial charge is 0.0436 e. The second-order valence-electron chi connectivity index (χ2n) is 5.47. The normalized spacial score (nSPS) is 34.8. The monoisotopic (exact) mass is 185 g/mol. The van der Waals surface area contributed by atoms with Gasteiger partial charge in [-0.25, -0.2) is 0 Å². The highest BCUT2D eigenvalue weighted by Gasteiger charge is 2.44. The van der Waals surface area contributed by atoms with E-state index in [2.05, 4.69) is 20.8 Å². The van der Waals surface area contributed by atoms with Crippen molar-refractivity contribution in [1.82, 2.24) is 0 Å². The van der Waals surface area contributed by atoms with Gasteiger partial charge in [-0.1, -0.05) is 13.8 Å². The van der Waals surface area contributed by atoms with E-state index < -0.39 is 0 Å². The van der Waals surface area contributed by atoms with Crippen molar-refractivity contribution in [2.75, 3.05) is 6.61 Å². The number of aliphatic hydroxyl groups excluding tert-OH is 1. The number of hydrogen-bond acceptors (Lipinski definition) is 2. The van der Waals surface area contributed by atoms with E-state index in [-0.39, 0.29) is 18.1 Å². The summed E-state index contributed by atoms with van der Waals surface area (Å²) < 4.78 is 0. The highest BCUT2D eigenvalue weighted by molar-refractivity contribution is 4.97. The Morgan fingerprint density at radius 1 is 1.38 bits per heavy atom. The van der Waals surface area contributed by atoms with Crippen LogP contribution in [0.3, 0.4) is 0 Å². The molecule has 0 aliphatic heterocycles. The van der Waals surface area contributed by atoms with Crippen molar-refractivity contribution in [2.24, 2.45) is 16.6 Å². The summed E-state index contributed by atoms with van der Waals surface area (Å²) in [6, 6.07) is 0.210. The van der Waals surface area contributed by atoms with E-state index >= 15 is 0 Å². The molecule has 1 aliphatic rings. The van der Waals surface area contributed by atoms with Gasteiger partial charge >= 0.3 is 0 Å². The molecule has 78 valence electrons. The molecule has 0 aromatic rings. The summed E-state index contributed by atoms with van der Waals surface area (Å²) in [4.78, 5) is 0. The largest absolute Gasteiger partial charge is 0.396 e. The van der Waals surface area contributed by atoms with Crippen LogP contribution >= 0.6 is 0 Å². The molecule has 1 fully saturated rings. The van der Waals surface area contributed by atoms with E-state index in [4.69, 9.17) is 10.8 Å². The van der Waals surface area contributed by atoms with E-state index in [1.54, 1.807) is 0 Å². The van der Waals surface area contributed by atoms with Gasteiger partial charge in [0, 0.05) is 12.6 Å². The number of aliphatic hydroxyl groups is 1. The number of hydrogen-bond donors (Lipinski definition) is 2. The maximum atomic E-state index is 9.06. The zero-order chi connectivity index (χ0) is 10.1. The minimum atomic E-state index is 0.207. The molecule has 0 saturated heterocycles. The van der Waals surface area contributed by atoms with Gasteiger partial charge in [0.1, 0.15) is 0 Å². The maximum Gasteiger partial charge on any atom is 0.0436 e. The van der Waals surface area contributed by atoms with Gasteiger partial charge in [-0.15, -0.1) is 0 Å². The van der Waals surface area contributed by atoms with Crippen LogP contribution in [0.2, 0.25) is 0 Å². The molecule has 2 heteroatoms.